The Hall–Kier alpha value is -1.40. The van der Waals surface area contributed by atoms with E-state index in [1.165, 1.54) is 4.90 Å². The van der Waals surface area contributed by atoms with Gasteiger partial charge >= 0.3 is 6.18 Å². The average Bonchev–Trinajstić information content (AvgIpc) is 2.28. The van der Waals surface area contributed by atoms with Gasteiger partial charge in [-0.1, -0.05) is 0 Å². The molecule has 0 spiro atoms. The van der Waals surface area contributed by atoms with Crippen molar-refractivity contribution in [2.75, 3.05) is 18.0 Å². The maximum absolute atomic E-state index is 13.0. The molecule has 1 heterocycles. The Bertz CT molecular complexity index is 458. The monoisotopic (exact) mass is 283 g/mol. The zero-order chi connectivity index (χ0) is 14.3. The molecule has 19 heavy (non-hydrogen) atoms. The van der Waals surface area contributed by atoms with Gasteiger partial charge in [0.2, 0.25) is 0 Å². The predicted molar refractivity (Wildman–Crippen MR) is 57.8 cm³/mol. The molecule has 0 N–H and O–H groups in total. The molecule has 0 saturated carbocycles. The van der Waals surface area contributed by atoms with Crippen molar-refractivity contribution in [3.8, 4) is 0 Å². The molecule has 7 heteroatoms. The van der Waals surface area contributed by atoms with Crippen LogP contribution in [0.4, 0.5) is 32.0 Å². The first-order valence-corrected chi connectivity index (χ1v) is 5.69. The molecule has 1 nitrogen and oxygen atoms in total. The zero-order valence-electron chi connectivity index (χ0n) is 9.78. The second-order valence-corrected chi connectivity index (χ2v) is 4.50. The molecular formula is C12H11F6N. The van der Waals surface area contributed by atoms with Crippen LogP contribution in [0.3, 0.4) is 0 Å². The number of anilines is 1. The highest BCUT2D eigenvalue weighted by Gasteiger charge is 2.39. The maximum atomic E-state index is 13.0. The summed E-state index contributed by atoms with van der Waals surface area (Å²) in [7, 11) is 0. The molecule has 1 aliphatic rings. The third-order valence-electron chi connectivity index (χ3n) is 3.10. The Morgan fingerprint density at radius 3 is 2.16 bits per heavy atom. The largest absolute Gasteiger partial charge is 0.418 e. The van der Waals surface area contributed by atoms with Crippen LogP contribution in [-0.4, -0.2) is 19.0 Å². The van der Waals surface area contributed by atoms with Gasteiger partial charge in [0, 0.05) is 31.6 Å². The van der Waals surface area contributed by atoms with Gasteiger partial charge in [-0.25, -0.2) is 13.2 Å². The van der Waals surface area contributed by atoms with E-state index >= 15 is 0 Å². The molecule has 0 amide bonds. The minimum atomic E-state index is -4.71. The average molecular weight is 283 g/mol. The first kappa shape index (κ1) is 14.0. The minimum absolute atomic E-state index is 0.179. The summed E-state index contributed by atoms with van der Waals surface area (Å²) in [4.78, 5) is 1.22. The molecule has 2 rings (SSSR count). The van der Waals surface area contributed by atoms with Crippen molar-refractivity contribution in [1.29, 1.82) is 0 Å². The van der Waals surface area contributed by atoms with Crippen LogP contribution in [0.15, 0.2) is 18.2 Å². The molecule has 0 aromatic heterocycles. The number of hydrogen-bond donors (Lipinski definition) is 0. The standard InChI is InChI=1S/C12H11F6N/c13-8-1-2-10(9(7-8)12(16,17)18)19-5-3-11(14,15)4-6-19/h1-2,7H,3-6H2. The van der Waals surface area contributed by atoms with E-state index in [2.05, 4.69) is 0 Å². The highest BCUT2D eigenvalue weighted by atomic mass is 19.4. The Balaban J connectivity index is 2.30. The van der Waals surface area contributed by atoms with Gasteiger partial charge in [0.05, 0.1) is 5.56 Å². The van der Waals surface area contributed by atoms with E-state index in [1.54, 1.807) is 0 Å². The Kier molecular flexibility index (Phi) is 3.40. The Labute approximate surface area is 105 Å². The summed E-state index contributed by atoms with van der Waals surface area (Å²) >= 11 is 0. The van der Waals surface area contributed by atoms with E-state index in [-0.39, 0.29) is 18.8 Å². The second kappa shape index (κ2) is 4.61. The second-order valence-electron chi connectivity index (χ2n) is 4.50. The third kappa shape index (κ3) is 3.13. The van der Waals surface area contributed by atoms with Crippen LogP contribution < -0.4 is 4.90 Å². The zero-order valence-corrected chi connectivity index (χ0v) is 9.78. The normalized spacial score (nSPS) is 19.6. The maximum Gasteiger partial charge on any atom is 0.418 e. The molecule has 0 bridgehead atoms. The van der Waals surface area contributed by atoms with Gasteiger partial charge in [-0.2, -0.15) is 13.2 Å². The molecule has 1 fully saturated rings. The summed E-state index contributed by atoms with van der Waals surface area (Å²) in [5.41, 5.74) is -1.37. The summed E-state index contributed by atoms with van der Waals surface area (Å²) in [6.45, 7) is -0.358. The van der Waals surface area contributed by atoms with E-state index < -0.39 is 36.3 Å². The number of hydrogen-bond acceptors (Lipinski definition) is 1. The fraction of sp³-hybridized carbons (Fsp3) is 0.500. The van der Waals surface area contributed by atoms with Gasteiger partial charge in [0.15, 0.2) is 0 Å². The number of rotatable bonds is 1. The number of benzene rings is 1. The Morgan fingerprint density at radius 2 is 1.63 bits per heavy atom. The van der Waals surface area contributed by atoms with Crippen LogP contribution in [0.5, 0.6) is 0 Å². The highest BCUT2D eigenvalue weighted by Crippen LogP contribution is 2.39. The highest BCUT2D eigenvalue weighted by molar-refractivity contribution is 5.55. The lowest BCUT2D eigenvalue weighted by Gasteiger charge is -2.34. The Morgan fingerprint density at radius 1 is 1.05 bits per heavy atom. The van der Waals surface area contributed by atoms with Crippen molar-refractivity contribution in [3.05, 3.63) is 29.6 Å². The summed E-state index contributed by atoms with van der Waals surface area (Å²) in [6, 6.07) is 2.28. The van der Waals surface area contributed by atoms with Gasteiger partial charge in [-0.15, -0.1) is 0 Å². The minimum Gasteiger partial charge on any atom is -0.371 e. The molecule has 0 unspecified atom stereocenters. The first-order valence-electron chi connectivity index (χ1n) is 5.69. The van der Waals surface area contributed by atoms with Crippen LogP contribution >= 0.6 is 0 Å². The summed E-state index contributed by atoms with van der Waals surface area (Å²) in [5, 5.41) is 0. The first-order chi connectivity index (χ1) is 8.69. The van der Waals surface area contributed by atoms with Crippen molar-refractivity contribution < 1.29 is 26.3 Å². The van der Waals surface area contributed by atoms with Gasteiger partial charge in [-0.3, -0.25) is 0 Å². The predicted octanol–water partition coefficient (Wildman–Crippen LogP) is 4.08. The quantitative estimate of drug-likeness (QED) is 0.702. The van der Waals surface area contributed by atoms with Crippen LogP contribution in [0.25, 0.3) is 0 Å². The molecule has 0 aliphatic carbocycles. The van der Waals surface area contributed by atoms with Gasteiger partial charge < -0.3 is 4.90 Å². The van der Waals surface area contributed by atoms with Crippen LogP contribution in [0.2, 0.25) is 0 Å². The topological polar surface area (TPSA) is 3.24 Å². The third-order valence-corrected chi connectivity index (χ3v) is 3.10. The fourth-order valence-electron chi connectivity index (χ4n) is 2.09. The van der Waals surface area contributed by atoms with Gasteiger partial charge in [0.1, 0.15) is 5.82 Å². The van der Waals surface area contributed by atoms with Crippen LogP contribution in [-0.2, 0) is 6.18 Å². The van der Waals surface area contributed by atoms with Crippen LogP contribution in [0.1, 0.15) is 18.4 Å². The molecule has 1 aromatic rings. The molecule has 1 aliphatic heterocycles. The molecule has 106 valence electrons. The van der Waals surface area contributed by atoms with Crippen LogP contribution in [0, 0.1) is 5.82 Å². The van der Waals surface area contributed by atoms with E-state index in [4.69, 9.17) is 0 Å². The number of halogens is 6. The fourth-order valence-corrected chi connectivity index (χ4v) is 2.09. The van der Waals surface area contributed by atoms with Crippen molar-refractivity contribution >= 4 is 5.69 Å². The summed E-state index contributed by atoms with van der Waals surface area (Å²) in [5.74, 6) is -3.84. The molecule has 1 saturated heterocycles. The lowest BCUT2D eigenvalue weighted by atomic mass is 10.0. The van der Waals surface area contributed by atoms with Crippen molar-refractivity contribution in [1.82, 2.24) is 0 Å². The molecule has 0 radical (unpaired) electrons. The smallest absolute Gasteiger partial charge is 0.371 e. The van der Waals surface area contributed by atoms with Gasteiger partial charge in [0.25, 0.3) is 5.92 Å². The van der Waals surface area contributed by atoms with E-state index in [9.17, 15) is 26.3 Å². The molecular weight excluding hydrogens is 272 g/mol. The lowest BCUT2D eigenvalue weighted by Crippen LogP contribution is -2.40. The number of nitrogens with zero attached hydrogens (tertiary/aromatic N) is 1. The summed E-state index contributed by atoms with van der Waals surface area (Å²) < 4.78 is 77.3. The lowest BCUT2D eigenvalue weighted by molar-refractivity contribution is -0.137. The van der Waals surface area contributed by atoms with Crippen molar-refractivity contribution in [3.63, 3.8) is 0 Å². The molecule has 0 atom stereocenters. The summed E-state index contributed by atoms with van der Waals surface area (Å²) in [6.07, 6.45) is -5.71. The van der Waals surface area contributed by atoms with Crippen molar-refractivity contribution in [2.45, 2.75) is 24.9 Å². The molecule has 1 aromatic carbocycles. The van der Waals surface area contributed by atoms with Crippen molar-refractivity contribution in [2.24, 2.45) is 0 Å². The van der Waals surface area contributed by atoms with E-state index in [1.807, 2.05) is 0 Å². The van der Waals surface area contributed by atoms with E-state index in [0.717, 1.165) is 12.1 Å². The van der Waals surface area contributed by atoms with E-state index in [0.29, 0.717) is 6.07 Å². The SMILES string of the molecule is Fc1ccc(N2CCC(F)(F)CC2)c(C(F)(F)F)c1. The number of piperidine rings is 1. The number of alkyl halides is 5. The van der Waals surface area contributed by atoms with Gasteiger partial charge in [-0.05, 0) is 18.2 Å².